The van der Waals surface area contributed by atoms with Crippen molar-refractivity contribution in [2.45, 2.75) is 59.3 Å². The molecule has 1 amide bonds. The van der Waals surface area contributed by atoms with E-state index < -0.39 is 0 Å². The molecule has 14 heavy (non-hydrogen) atoms. The average Bonchev–Trinajstić information content (AvgIpc) is 2.18. The second kappa shape index (κ2) is 9.04. The van der Waals surface area contributed by atoms with Crippen molar-refractivity contribution >= 4 is 5.91 Å². The third kappa shape index (κ3) is 6.01. The topological polar surface area (TPSA) is 29.1 Å². The molecule has 0 saturated heterocycles. The molecule has 1 N–H and O–H groups in total. The van der Waals surface area contributed by atoms with Crippen molar-refractivity contribution < 1.29 is 4.79 Å². The molecule has 84 valence electrons. The number of carbonyl (C=O) groups is 1. The van der Waals surface area contributed by atoms with Crippen LogP contribution >= 0.6 is 0 Å². The number of unbranched alkanes of at least 4 members (excludes halogenated alkanes) is 1. The fourth-order valence-electron chi connectivity index (χ4n) is 1.64. The third-order valence-electron chi connectivity index (χ3n) is 2.47. The average molecular weight is 199 g/mol. The third-order valence-corrected chi connectivity index (χ3v) is 2.47. The first-order chi connectivity index (χ1) is 6.76. The van der Waals surface area contributed by atoms with Gasteiger partial charge in [0, 0.05) is 12.5 Å². The molecule has 0 heterocycles. The molecule has 0 saturated carbocycles. The summed E-state index contributed by atoms with van der Waals surface area (Å²) in [4.78, 5) is 11.7. The zero-order valence-electron chi connectivity index (χ0n) is 9.94. The van der Waals surface area contributed by atoms with Crippen molar-refractivity contribution in [3.8, 4) is 0 Å². The highest BCUT2D eigenvalue weighted by atomic mass is 16.1. The number of nitrogens with one attached hydrogen (secondary N) is 1. The van der Waals surface area contributed by atoms with Crippen LogP contribution in [0.5, 0.6) is 0 Å². The Morgan fingerprint density at radius 2 is 1.64 bits per heavy atom. The summed E-state index contributed by atoms with van der Waals surface area (Å²) in [6.07, 6.45) is 6.51. The second-order valence-corrected chi connectivity index (χ2v) is 3.92. The Bertz CT molecular complexity index is 139. The summed E-state index contributed by atoms with van der Waals surface area (Å²) in [6, 6.07) is 0. The summed E-state index contributed by atoms with van der Waals surface area (Å²) in [5, 5.41) is 3.01. The van der Waals surface area contributed by atoms with Crippen LogP contribution in [-0.4, -0.2) is 12.5 Å². The Hall–Kier alpha value is -0.530. The molecule has 0 aliphatic rings. The second-order valence-electron chi connectivity index (χ2n) is 3.92. The first-order valence-electron chi connectivity index (χ1n) is 6.03. The maximum atomic E-state index is 11.7. The monoisotopic (exact) mass is 199 g/mol. The van der Waals surface area contributed by atoms with Crippen LogP contribution in [0.4, 0.5) is 0 Å². The van der Waals surface area contributed by atoms with Crippen molar-refractivity contribution in [1.82, 2.24) is 5.32 Å². The Morgan fingerprint density at radius 3 is 2.07 bits per heavy atom. The molecule has 0 bridgehead atoms. The molecule has 0 aliphatic heterocycles. The van der Waals surface area contributed by atoms with Crippen molar-refractivity contribution in [2.75, 3.05) is 6.54 Å². The van der Waals surface area contributed by atoms with Gasteiger partial charge in [0.25, 0.3) is 0 Å². The van der Waals surface area contributed by atoms with Gasteiger partial charge in [-0.25, -0.2) is 0 Å². The number of carbonyl (C=O) groups excluding carboxylic acids is 1. The lowest BCUT2D eigenvalue weighted by atomic mass is 9.97. The van der Waals surface area contributed by atoms with Gasteiger partial charge < -0.3 is 5.32 Å². The van der Waals surface area contributed by atoms with Crippen LogP contribution in [0.1, 0.15) is 59.3 Å². The van der Waals surface area contributed by atoms with Gasteiger partial charge in [0.05, 0.1) is 0 Å². The van der Waals surface area contributed by atoms with Crippen LogP contribution in [-0.2, 0) is 4.79 Å². The van der Waals surface area contributed by atoms with Gasteiger partial charge in [0.15, 0.2) is 0 Å². The van der Waals surface area contributed by atoms with Crippen molar-refractivity contribution in [3.63, 3.8) is 0 Å². The molecule has 0 spiro atoms. The zero-order chi connectivity index (χ0) is 10.8. The molecule has 2 nitrogen and oxygen atoms in total. The highest BCUT2D eigenvalue weighted by Crippen LogP contribution is 2.13. The summed E-state index contributed by atoms with van der Waals surface area (Å²) in [7, 11) is 0. The molecule has 0 radical (unpaired) electrons. The van der Waals surface area contributed by atoms with Gasteiger partial charge in [-0.2, -0.15) is 0 Å². The standard InChI is InChI=1S/C12H25NO/c1-4-7-10-13-12(14)11(8-5-2)9-6-3/h11H,4-10H2,1-3H3,(H,13,14). The van der Waals surface area contributed by atoms with Crippen LogP contribution in [0.25, 0.3) is 0 Å². The van der Waals surface area contributed by atoms with E-state index in [1.54, 1.807) is 0 Å². The number of hydrogen-bond donors (Lipinski definition) is 1. The minimum absolute atomic E-state index is 0.252. The lowest BCUT2D eigenvalue weighted by molar-refractivity contribution is -0.125. The van der Waals surface area contributed by atoms with Crippen LogP contribution in [0.2, 0.25) is 0 Å². The van der Waals surface area contributed by atoms with E-state index in [4.69, 9.17) is 0 Å². The molecule has 0 atom stereocenters. The van der Waals surface area contributed by atoms with Gasteiger partial charge in [0.2, 0.25) is 5.91 Å². The minimum atomic E-state index is 0.252. The molecule has 0 rings (SSSR count). The lowest BCUT2D eigenvalue weighted by Gasteiger charge is -2.14. The Labute approximate surface area is 88.5 Å². The van der Waals surface area contributed by atoms with Crippen LogP contribution < -0.4 is 5.32 Å². The summed E-state index contributed by atoms with van der Waals surface area (Å²) < 4.78 is 0. The van der Waals surface area contributed by atoms with E-state index in [0.29, 0.717) is 0 Å². The molecule has 0 aliphatic carbocycles. The van der Waals surface area contributed by atoms with Gasteiger partial charge in [0.1, 0.15) is 0 Å². The quantitative estimate of drug-likeness (QED) is 0.598. The number of amides is 1. The molecule has 0 unspecified atom stereocenters. The molecule has 0 aromatic rings. The van der Waals surface area contributed by atoms with Gasteiger partial charge in [-0.3, -0.25) is 4.79 Å². The first-order valence-corrected chi connectivity index (χ1v) is 6.03. The fraction of sp³-hybridized carbons (Fsp3) is 0.917. The van der Waals surface area contributed by atoms with E-state index in [1.165, 1.54) is 0 Å². The molecular formula is C12H25NO. The van der Waals surface area contributed by atoms with Gasteiger partial charge in [-0.05, 0) is 19.3 Å². The molecule has 0 aromatic carbocycles. The van der Waals surface area contributed by atoms with E-state index in [2.05, 4.69) is 26.1 Å². The fourth-order valence-corrected chi connectivity index (χ4v) is 1.64. The minimum Gasteiger partial charge on any atom is -0.356 e. The predicted octanol–water partition coefficient (Wildman–Crippen LogP) is 3.12. The summed E-state index contributed by atoms with van der Waals surface area (Å²) in [5.74, 6) is 0.518. The van der Waals surface area contributed by atoms with Gasteiger partial charge in [-0.15, -0.1) is 0 Å². The van der Waals surface area contributed by atoms with Crippen molar-refractivity contribution in [2.24, 2.45) is 5.92 Å². The van der Waals surface area contributed by atoms with Gasteiger partial charge >= 0.3 is 0 Å². The molecule has 2 heteroatoms. The SMILES string of the molecule is CCCCNC(=O)C(CCC)CCC. The van der Waals surface area contributed by atoms with E-state index in [1.807, 2.05) is 0 Å². The maximum Gasteiger partial charge on any atom is 0.223 e. The molecule has 0 fully saturated rings. The van der Waals surface area contributed by atoms with E-state index in [9.17, 15) is 4.79 Å². The van der Waals surface area contributed by atoms with Crippen molar-refractivity contribution in [1.29, 1.82) is 0 Å². The van der Waals surface area contributed by atoms with Crippen LogP contribution in [0, 0.1) is 5.92 Å². The van der Waals surface area contributed by atoms with Gasteiger partial charge in [-0.1, -0.05) is 40.0 Å². The van der Waals surface area contributed by atoms with Crippen LogP contribution in [0.15, 0.2) is 0 Å². The normalized spacial score (nSPS) is 10.6. The van der Waals surface area contributed by atoms with Crippen LogP contribution in [0.3, 0.4) is 0 Å². The lowest BCUT2D eigenvalue weighted by Crippen LogP contribution is -2.31. The molecule has 0 aromatic heterocycles. The zero-order valence-corrected chi connectivity index (χ0v) is 9.94. The largest absolute Gasteiger partial charge is 0.356 e. The number of rotatable bonds is 8. The maximum absolute atomic E-state index is 11.7. The summed E-state index contributed by atoms with van der Waals surface area (Å²) in [6.45, 7) is 7.27. The van der Waals surface area contributed by atoms with E-state index in [-0.39, 0.29) is 11.8 Å². The Morgan fingerprint density at radius 1 is 1.07 bits per heavy atom. The predicted molar refractivity (Wildman–Crippen MR) is 61.2 cm³/mol. The number of hydrogen-bond acceptors (Lipinski definition) is 1. The van der Waals surface area contributed by atoms with E-state index in [0.717, 1.165) is 45.1 Å². The van der Waals surface area contributed by atoms with E-state index >= 15 is 0 Å². The molecular weight excluding hydrogens is 174 g/mol. The Kier molecular flexibility index (Phi) is 8.70. The summed E-state index contributed by atoms with van der Waals surface area (Å²) in [5.41, 5.74) is 0. The highest BCUT2D eigenvalue weighted by molar-refractivity contribution is 5.78. The first kappa shape index (κ1) is 13.5. The Balaban J connectivity index is 3.76. The summed E-state index contributed by atoms with van der Waals surface area (Å²) >= 11 is 0. The smallest absolute Gasteiger partial charge is 0.223 e. The van der Waals surface area contributed by atoms with Crippen molar-refractivity contribution in [3.05, 3.63) is 0 Å². The highest BCUT2D eigenvalue weighted by Gasteiger charge is 2.15.